The molecule has 5 rings (SSSR count). The number of alkyl halides is 4. The average molecular weight is 539 g/mol. The molecule has 2 amide bonds. The molecule has 6 nitrogen and oxygen atoms in total. The topological polar surface area (TPSA) is 67.2 Å². The van der Waals surface area contributed by atoms with Gasteiger partial charge in [0.15, 0.2) is 0 Å². The minimum atomic E-state index is -4.56. The van der Waals surface area contributed by atoms with Crippen molar-refractivity contribution in [1.29, 1.82) is 0 Å². The molecule has 0 saturated carbocycles. The zero-order valence-corrected chi connectivity index (χ0v) is 20.1. The number of piperidine rings is 1. The number of benzene rings is 2. The number of nitrogens with one attached hydrogen (secondary N) is 1. The summed E-state index contributed by atoms with van der Waals surface area (Å²) < 4.78 is 56.2. The van der Waals surface area contributed by atoms with E-state index in [4.69, 9.17) is 11.6 Å². The highest BCUT2D eigenvalue weighted by molar-refractivity contribution is 8.18. The Bertz CT molecular complexity index is 1390. The van der Waals surface area contributed by atoms with E-state index in [1.165, 1.54) is 23.0 Å². The van der Waals surface area contributed by atoms with Gasteiger partial charge in [0.2, 0.25) is 0 Å². The maximum absolute atomic E-state index is 14.4. The van der Waals surface area contributed by atoms with Crippen LogP contribution in [-0.4, -0.2) is 51.1 Å². The lowest BCUT2D eigenvalue weighted by molar-refractivity contribution is -0.138. The molecule has 0 aliphatic carbocycles. The number of thioether (sulfide) groups is 1. The van der Waals surface area contributed by atoms with E-state index in [-0.39, 0.29) is 35.0 Å². The molecule has 2 aromatic carbocycles. The predicted octanol–water partition coefficient (Wildman–Crippen LogP) is 5.49. The Morgan fingerprint density at radius 3 is 2.75 bits per heavy atom. The fourth-order valence-electron chi connectivity index (χ4n) is 4.41. The summed E-state index contributed by atoms with van der Waals surface area (Å²) in [5, 5.41) is 7.36. The Morgan fingerprint density at radius 2 is 2.00 bits per heavy atom. The summed E-state index contributed by atoms with van der Waals surface area (Å²) in [4.78, 5) is 26.5. The molecule has 36 heavy (non-hydrogen) atoms. The molecule has 0 bridgehead atoms. The number of hydrogen-bond donors (Lipinski definition) is 1. The predicted molar refractivity (Wildman–Crippen MR) is 129 cm³/mol. The van der Waals surface area contributed by atoms with Gasteiger partial charge in [-0.1, -0.05) is 23.7 Å². The molecule has 1 N–H and O–H groups in total. The number of halogens is 5. The van der Waals surface area contributed by atoms with Gasteiger partial charge in [0.25, 0.3) is 11.1 Å². The smallest absolute Gasteiger partial charge is 0.314 e. The Balaban J connectivity index is 1.40. The molecule has 2 aliphatic rings. The molecule has 2 aliphatic heterocycles. The van der Waals surface area contributed by atoms with Crippen LogP contribution in [0.1, 0.15) is 23.1 Å². The van der Waals surface area contributed by atoms with Crippen LogP contribution >= 0.6 is 23.4 Å². The summed E-state index contributed by atoms with van der Waals surface area (Å²) in [6.45, 7) is 0.585. The summed E-state index contributed by atoms with van der Waals surface area (Å²) >= 11 is 6.52. The van der Waals surface area contributed by atoms with Crippen molar-refractivity contribution >= 4 is 51.5 Å². The molecule has 0 radical (unpaired) electrons. The van der Waals surface area contributed by atoms with Gasteiger partial charge in [0.05, 0.1) is 34.8 Å². The molecular weight excluding hydrogens is 520 g/mol. The summed E-state index contributed by atoms with van der Waals surface area (Å²) in [6.07, 6.45) is -2.54. The number of amides is 2. The van der Waals surface area contributed by atoms with Crippen LogP contribution in [0, 0.1) is 0 Å². The second-order valence-electron chi connectivity index (χ2n) is 8.55. The molecule has 2 fully saturated rings. The molecule has 2 atom stereocenters. The van der Waals surface area contributed by atoms with E-state index in [0.717, 1.165) is 22.7 Å². The first-order valence-electron chi connectivity index (χ1n) is 11.0. The van der Waals surface area contributed by atoms with Crippen molar-refractivity contribution in [3.8, 4) is 0 Å². The fraction of sp³-hybridized carbons (Fsp3) is 0.292. The standard InChI is InChI=1S/C24H19ClF4N4O2S/c25-16-3-2-14(17(9-16)24(27,28)29)12-32-19-4-1-13(7-15(19)10-31-32)8-21-22(34)33(23(35)36-21)20-11-30-6-5-18(20)26/h1-4,7-10,18,20,30H,5-6,11-12H2/t18-,20+/m1/s1. The largest absolute Gasteiger partial charge is 0.416 e. The Morgan fingerprint density at radius 1 is 1.19 bits per heavy atom. The van der Waals surface area contributed by atoms with Crippen LogP contribution in [0.3, 0.4) is 0 Å². The average Bonchev–Trinajstić information content (AvgIpc) is 3.34. The minimum absolute atomic E-state index is 0.00719. The lowest BCUT2D eigenvalue weighted by Gasteiger charge is -2.32. The van der Waals surface area contributed by atoms with Gasteiger partial charge in [-0.05, 0) is 66.2 Å². The van der Waals surface area contributed by atoms with Crippen molar-refractivity contribution < 1.29 is 27.2 Å². The fourth-order valence-corrected chi connectivity index (χ4v) is 5.47. The van der Waals surface area contributed by atoms with Crippen LogP contribution < -0.4 is 5.32 Å². The van der Waals surface area contributed by atoms with Gasteiger partial charge in [-0.25, -0.2) is 4.39 Å². The maximum Gasteiger partial charge on any atom is 0.416 e. The summed E-state index contributed by atoms with van der Waals surface area (Å²) in [5.41, 5.74) is 0.401. The number of imide groups is 1. The molecule has 2 saturated heterocycles. The van der Waals surface area contributed by atoms with Gasteiger partial charge in [0, 0.05) is 17.0 Å². The Labute approximate surface area is 212 Å². The summed E-state index contributed by atoms with van der Waals surface area (Å²) in [5.74, 6) is -0.542. The zero-order valence-electron chi connectivity index (χ0n) is 18.6. The van der Waals surface area contributed by atoms with Crippen molar-refractivity contribution in [2.75, 3.05) is 13.1 Å². The molecule has 1 aromatic heterocycles. The third-order valence-electron chi connectivity index (χ3n) is 6.18. The second kappa shape index (κ2) is 9.53. The third-order valence-corrected chi connectivity index (χ3v) is 7.30. The van der Waals surface area contributed by atoms with Crippen molar-refractivity contribution in [3.05, 3.63) is 69.2 Å². The number of nitrogens with zero attached hydrogens (tertiary/aromatic N) is 3. The van der Waals surface area contributed by atoms with Gasteiger partial charge in [0.1, 0.15) is 6.17 Å². The van der Waals surface area contributed by atoms with Gasteiger partial charge in [-0.15, -0.1) is 0 Å². The van der Waals surface area contributed by atoms with Crippen molar-refractivity contribution in [3.63, 3.8) is 0 Å². The van der Waals surface area contributed by atoms with Crippen LogP contribution in [-0.2, 0) is 17.5 Å². The number of rotatable bonds is 4. The first kappa shape index (κ1) is 24.8. The van der Waals surface area contributed by atoms with E-state index >= 15 is 0 Å². The lowest BCUT2D eigenvalue weighted by atomic mass is 10.0. The highest BCUT2D eigenvalue weighted by atomic mass is 35.5. The van der Waals surface area contributed by atoms with Crippen LogP contribution in [0.2, 0.25) is 5.02 Å². The number of carbonyl (C=O) groups is 2. The van der Waals surface area contributed by atoms with Crippen LogP contribution in [0.25, 0.3) is 17.0 Å². The van der Waals surface area contributed by atoms with Gasteiger partial charge in [-0.3, -0.25) is 19.2 Å². The van der Waals surface area contributed by atoms with E-state index in [2.05, 4.69) is 10.4 Å². The van der Waals surface area contributed by atoms with E-state index < -0.39 is 35.1 Å². The molecule has 3 heterocycles. The van der Waals surface area contributed by atoms with Crippen molar-refractivity contribution in [1.82, 2.24) is 20.0 Å². The third kappa shape index (κ3) is 4.74. The number of fused-ring (bicyclic) bond motifs is 1. The SMILES string of the molecule is O=C1SC(=Cc2ccc3c(cnn3Cc3ccc(Cl)cc3C(F)(F)F)c2)C(=O)N1[C@H]1CNCC[C@H]1F. The van der Waals surface area contributed by atoms with Crippen molar-refractivity contribution in [2.24, 2.45) is 0 Å². The molecule has 188 valence electrons. The highest BCUT2D eigenvalue weighted by Crippen LogP contribution is 2.36. The summed E-state index contributed by atoms with van der Waals surface area (Å²) in [6, 6.07) is 7.87. The Hall–Kier alpha value is -2.89. The number of aromatic nitrogens is 2. The second-order valence-corrected chi connectivity index (χ2v) is 9.98. The monoisotopic (exact) mass is 538 g/mol. The first-order chi connectivity index (χ1) is 17.1. The first-order valence-corrected chi connectivity index (χ1v) is 12.2. The lowest BCUT2D eigenvalue weighted by Crippen LogP contribution is -2.53. The molecule has 0 unspecified atom stereocenters. The minimum Gasteiger partial charge on any atom is -0.314 e. The number of carbonyl (C=O) groups excluding carboxylic acids is 2. The molecule has 12 heteroatoms. The number of hydrogen-bond acceptors (Lipinski definition) is 5. The van der Waals surface area contributed by atoms with Gasteiger partial charge >= 0.3 is 6.18 Å². The highest BCUT2D eigenvalue weighted by Gasteiger charge is 2.43. The Kier molecular flexibility index (Phi) is 6.56. The normalized spacial score (nSPS) is 22.2. The van der Waals surface area contributed by atoms with E-state index in [1.54, 1.807) is 24.3 Å². The quantitative estimate of drug-likeness (QED) is 0.351. The molecule has 3 aromatic rings. The van der Waals surface area contributed by atoms with E-state index in [0.29, 0.717) is 23.0 Å². The van der Waals surface area contributed by atoms with Crippen LogP contribution in [0.4, 0.5) is 22.4 Å². The summed E-state index contributed by atoms with van der Waals surface area (Å²) in [7, 11) is 0. The zero-order chi connectivity index (χ0) is 25.6. The van der Waals surface area contributed by atoms with E-state index in [1.807, 2.05) is 0 Å². The van der Waals surface area contributed by atoms with Crippen LogP contribution in [0.5, 0.6) is 0 Å². The maximum atomic E-state index is 14.4. The molecule has 0 spiro atoms. The van der Waals surface area contributed by atoms with Crippen LogP contribution in [0.15, 0.2) is 47.5 Å². The van der Waals surface area contributed by atoms with Gasteiger partial charge < -0.3 is 5.32 Å². The van der Waals surface area contributed by atoms with Crippen molar-refractivity contribution in [2.45, 2.75) is 31.4 Å². The molecular formula is C24H19ClF4N4O2S. The van der Waals surface area contributed by atoms with E-state index in [9.17, 15) is 27.2 Å². The van der Waals surface area contributed by atoms with Gasteiger partial charge in [-0.2, -0.15) is 18.3 Å².